The number of nitrogens with one attached hydrogen (secondary N) is 1. The zero-order chi connectivity index (χ0) is 16.7. The Bertz CT molecular complexity index is 544. The van der Waals surface area contributed by atoms with E-state index in [1.54, 1.807) is 18.0 Å². The second-order valence-corrected chi connectivity index (χ2v) is 5.86. The van der Waals surface area contributed by atoms with Gasteiger partial charge in [0.2, 0.25) is 5.91 Å². The van der Waals surface area contributed by atoms with Crippen molar-refractivity contribution in [3.05, 3.63) is 48.6 Å². The van der Waals surface area contributed by atoms with Gasteiger partial charge in [0.25, 0.3) is 0 Å². The summed E-state index contributed by atoms with van der Waals surface area (Å²) in [5, 5.41) is 2.84. The first kappa shape index (κ1) is 17.1. The van der Waals surface area contributed by atoms with Crippen LogP contribution < -0.4 is 5.32 Å². The van der Waals surface area contributed by atoms with Crippen molar-refractivity contribution in [2.45, 2.75) is 31.9 Å². The number of ether oxygens (including phenoxy) is 1. The van der Waals surface area contributed by atoms with Crippen molar-refractivity contribution in [1.29, 1.82) is 0 Å². The zero-order valence-electron chi connectivity index (χ0n) is 13.5. The summed E-state index contributed by atoms with van der Waals surface area (Å²) in [4.78, 5) is 26.0. The first-order chi connectivity index (χ1) is 11.1. The molecule has 2 atom stereocenters. The van der Waals surface area contributed by atoms with Crippen LogP contribution in [0.1, 0.15) is 24.8 Å². The zero-order valence-corrected chi connectivity index (χ0v) is 13.5. The van der Waals surface area contributed by atoms with Crippen LogP contribution in [0.4, 0.5) is 4.79 Å². The van der Waals surface area contributed by atoms with Gasteiger partial charge in [0.1, 0.15) is 6.61 Å². The van der Waals surface area contributed by atoms with E-state index in [4.69, 9.17) is 4.74 Å². The molecule has 1 aliphatic carbocycles. The lowest BCUT2D eigenvalue weighted by Crippen LogP contribution is -2.44. The summed E-state index contributed by atoms with van der Waals surface area (Å²) in [6.45, 7) is 4.39. The van der Waals surface area contributed by atoms with Crippen LogP contribution in [0.2, 0.25) is 0 Å². The average molecular weight is 316 g/mol. The molecule has 5 heteroatoms. The highest BCUT2D eigenvalue weighted by Gasteiger charge is 2.35. The first-order valence-corrected chi connectivity index (χ1v) is 7.95. The largest absolute Gasteiger partial charge is 0.445 e. The molecule has 1 saturated carbocycles. The summed E-state index contributed by atoms with van der Waals surface area (Å²) in [6.07, 6.45) is 3.76. The lowest BCUT2D eigenvalue weighted by molar-refractivity contribution is -0.134. The van der Waals surface area contributed by atoms with E-state index in [0.717, 1.165) is 24.8 Å². The number of carbonyl (C=O) groups excluding carboxylic acids is 2. The highest BCUT2D eigenvalue weighted by molar-refractivity contribution is 5.80. The number of carbonyl (C=O) groups is 2. The third-order valence-corrected chi connectivity index (χ3v) is 4.13. The molecule has 1 aromatic carbocycles. The van der Waals surface area contributed by atoms with Gasteiger partial charge in [-0.05, 0) is 18.4 Å². The van der Waals surface area contributed by atoms with Crippen LogP contribution in [0.25, 0.3) is 0 Å². The van der Waals surface area contributed by atoms with Gasteiger partial charge < -0.3 is 15.0 Å². The fourth-order valence-corrected chi connectivity index (χ4v) is 2.91. The third kappa shape index (κ3) is 4.84. The number of amides is 2. The minimum Gasteiger partial charge on any atom is -0.445 e. The predicted octanol–water partition coefficient (Wildman–Crippen LogP) is 2.73. The minimum absolute atomic E-state index is 0.0516. The Morgan fingerprint density at radius 3 is 2.78 bits per heavy atom. The van der Waals surface area contributed by atoms with E-state index in [9.17, 15) is 9.59 Å². The van der Waals surface area contributed by atoms with E-state index in [0.29, 0.717) is 6.54 Å². The molecule has 0 saturated heterocycles. The molecule has 23 heavy (non-hydrogen) atoms. The summed E-state index contributed by atoms with van der Waals surface area (Å²) in [5.41, 5.74) is 0.937. The SMILES string of the molecule is C=CCN(C)C(=O)[C@@H]1CCC[C@@H]1NC(=O)OCc1ccccc1. The molecule has 1 fully saturated rings. The average Bonchev–Trinajstić information content (AvgIpc) is 3.01. The molecule has 0 aliphatic heterocycles. The maximum absolute atomic E-state index is 12.4. The number of rotatable bonds is 6. The van der Waals surface area contributed by atoms with Gasteiger partial charge >= 0.3 is 6.09 Å². The molecule has 0 unspecified atom stereocenters. The first-order valence-electron chi connectivity index (χ1n) is 7.95. The van der Waals surface area contributed by atoms with E-state index in [-0.39, 0.29) is 24.5 Å². The Morgan fingerprint density at radius 2 is 2.09 bits per heavy atom. The fourth-order valence-electron chi connectivity index (χ4n) is 2.91. The lowest BCUT2D eigenvalue weighted by atomic mass is 10.0. The molecule has 0 bridgehead atoms. The molecule has 0 spiro atoms. The van der Waals surface area contributed by atoms with Gasteiger partial charge in [-0.25, -0.2) is 4.79 Å². The predicted molar refractivity (Wildman–Crippen MR) is 88.7 cm³/mol. The molecular weight excluding hydrogens is 292 g/mol. The van der Waals surface area contributed by atoms with Crippen molar-refractivity contribution in [1.82, 2.24) is 10.2 Å². The molecule has 0 radical (unpaired) electrons. The van der Waals surface area contributed by atoms with Gasteiger partial charge in [0.05, 0.1) is 5.92 Å². The Labute approximate surface area is 137 Å². The van der Waals surface area contributed by atoms with Gasteiger partial charge in [-0.1, -0.05) is 42.8 Å². The van der Waals surface area contributed by atoms with Crippen LogP contribution >= 0.6 is 0 Å². The van der Waals surface area contributed by atoms with Crippen LogP contribution in [-0.4, -0.2) is 36.5 Å². The topological polar surface area (TPSA) is 58.6 Å². The lowest BCUT2D eigenvalue weighted by Gasteiger charge is -2.24. The number of hydrogen-bond acceptors (Lipinski definition) is 3. The summed E-state index contributed by atoms with van der Waals surface area (Å²) in [5.74, 6) is -0.125. The van der Waals surface area contributed by atoms with Gasteiger partial charge in [0, 0.05) is 19.6 Å². The molecular formula is C18H24N2O3. The van der Waals surface area contributed by atoms with Crippen molar-refractivity contribution < 1.29 is 14.3 Å². The number of alkyl carbamates (subject to hydrolysis) is 1. The van der Waals surface area contributed by atoms with Crippen molar-refractivity contribution in [3.8, 4) is 0 Å². The minimum atomic E-state index is -0.468. The molecule has 0 aromatic heterocycles. The fraction of sp³-hybridized carbons (Fsp3) is 0.444. The number of likely N-dealkylation sites (N-methyl/N-ethyl adjacent to an activating group) is 1. The van der Waals surface area contributed by atoms with Crippen molar-refractivity contribution in [2.75, 3.05) is 13.6 Å². The molecule has 0 heterocycles. The second-order valence-electron chi connectivity index (χ2n) is 5.86. The second kappa shape index (κ2) is 8.36. The summed E-state index contributed by atoms with van der Waals surface area (Å²) in [7, 11) is 1.76. The van der Waals surface area contributed by atoms with Crippen LogP contribution in [0.5, 0.6) is 0 Å². The van der Waals surface area contributed by atoms with Crippen LogP contribution in [0.15, 0.2) is 43.0 Å². The van der Waals surface area contributed by atoms with Crippen molar-refractivity contribution in [2.24, 2.45) is 5.92 Å². The van der Waals surface area contributed by atoms with Gasteiger partial charge in [-0.3, -0.25) is 4.79 Å². The van der Waals surface area contributed by atoms with E-state index in [1.165, 1.54) is 0 Å². The Balaban J connectivity index is 1.84. The van der Waals surface area contributed by atoms with E-state index in [2.05, 4.69) is 11.9 Å². The molecule has 2 rings (SSSR count). The quantitative estimate of drug-likeness (QED) is 0.821. The Morgan fingerprint density at radius 1 is 1.35 bits per heavy atom. The standard InChI is InChI=1S/C18H24N2O3/c1-3-12-20(2)17(21)15-10-7-11-16(15)19-18(22)23-13-14-8-5-4-6-9-14/h3-6,8-9,15-16H,1,7,10-13H2,2H3,(H,19,22)/t15-,16+/m1/s1. The smallest absolute Gasteiger partial charge is 0.407 e. The van der Waals surface area contributed by atoms with Crippen LogP contribution in [0, 0.1) is 5.92 Å². The monoisotopic (exact) mass is 316 g/mol. The number of hydrogen-bond donors (Lipinski definition) is 1. The maximum Gasteiger partial charge on any atom is 0.407 e. The summed E-state index contributed by atoms with van der Waals surface area (Å²) < 4.78 is 5.23. The maximum atomic E-state index is 12.4. The van der Waals surface area contributed by atoms with Crippen LogP contribution in [0.3, 0.4) is 0 Å². The Kier molecular flexibility index (Phi) is 6.20. The molecule has 1 aromatic rings. The van der Waals surface area contributed by atoms with E-state index in [1.807, 2.05) is 30.3 Å². The van der Waals surface area contributed by atoms with Crippen LogP contribution in [-0.2, 0) is 16.1 Å². The Hall–Kier alpha value is -2.30. The molecule has 124 valence electrons. The highest BCUT2D eigenvalue weighted by Crippen LogP contribution is 2.27. The van der Waals surface area contributed by atoms with Gasteiger partial charge in [-0.15, -0.1) is 6.58 Å². The van der Waals surface area contributed by atoms with Gasteiger partial charge in [-0.2, -0.15) is 0 Å². The van der Waals surface area contributed by atoms with E-state index < -0.39 is 6.09 Å². The highest BCUT2D eigenvalue weighted by atomic mass is 16.5. The number of benzene rings is 1. The third-order valence-electron chi connectivity index (χ3n) is 4.13. The molecule has 1 N–H and O–H groups in total. The molecule has 1 aliphatic rings. The van der Waals surface area contributed by atoms with Gasteiger partial charge in [0.15, 0.2) is 0 Å². The van der Waals surface area contributed by atoms with Crippen molar-refractivity contribution >= 4 is 12.0 Å². The molecule has 5 nitrogen and oxygen atoms in total. The molecule has 2 amide bonds. The summed E-state index contributed by atoms with van der Waals surface area (Å²) >= 11 is 0. The van der Waals surface area contributed by atoms with E-state index >= 15 is 0 Å². The summed E-state index contributed by atoms with van der Waals surface area (Å²) in [6, 6.07) is 9.37. The number of nitrogens with zero attached hydrogens (tertiary/aromatic N) is 1. The van der Waals surface area contributed by atoms with Crippen molar-refractivity contribution in [3.63, 3.8) is 0 Å². The normalized spacial score (nSPS) is 19.9.